The molecule has 0 aliphatic carbocycles. The van der Waals surface area contributed by atoms with Crippen LogP contribution in [0.25, 0.3) is 70.1 Å². The number of hydrogen-bond acceptors (Lipinski definition) is 12. The summed E-state index contributed by atoms with van der Waals surface area (Å²) >= 11 is 0. The summed E-state index contributed by atoms with van der Waals surface area (Å²) < 4.78 is 39.2. The number of esters is 3. The third kappa shape index (κ3) is 27.0. The summed E-state index contributed by atoms with van der Waals surface area (Å²) in [5.41, 5.74) is 13.5. The SMILES string of the molecule is C.C1CCOC1.Cc1ccc2oc(C#CC#N)c(C)c2c1.[C-]#[N+]CC(=O)OCC.[C-]#[N+]c1c(-c2oc3ccc(C)cc3c2C)c[nH]c1C(=O)OCC.[C-]#[N+]c1c(-c2oc3ccc(C)cc3c2C)cn(C2CCN(C(=O)C=C)CC2)c1C(=O)OCC.c1ccc(C(CCCP(c2ccccc2)c2ccccc2)c2ccccc2)cc1.c1ccc(P(c2ccccc2)c2ccccc2)cc1. The Labute approximate surface area is 784 Å². The summed E-state index contributed by atoms with van der Waals surface area (Å²) in [6.07, 6.45) is 12.3. The van der Waals surface area contributed by atoms with Crippen molar-refractivity contribution in [3.63, 3.8) is 0 Å². The highest BCUT2D eigenvalue weighted by Crippen LogP contribution is 2.46. The van der Waals surface area contributed by atoms with Crippen LogP contribution in [0, 0.1) is 84.4 Å². The fraction of sp³-hybridized carbons (Fsp3) is 0.239. The van der Waals surface area contributed by atoms with E-state index in [1.807, 2.05) is 94.8 Å². The summed E-state index contributed by atoms with van der Waals surface area (Å²) in [5.74, 6) is 5.67. The van der Waals surface area contributed by atoms with Gasteiger partial charge in [-0.3, -0.25) is 4.79 Å². The van der Waals surface area contributed by atoms with E-state index >= 15 is 0 Å². The number of aryl methyl sites for hydroxylation is 6. The third-order valence-electron chi connectivity index (χ3n) is 22.2. The molecular formula is C113H113N7O11P2. The van der Waals surface area contributed by atoms with Crippen molar-refractivity contribution in [2.45, 2.75) is 120 Å². The van der Waals surface area contributed by atoms with E-state index in [9.17, 15) is 19.2 Å². The van der Waals surface area contributed by atoms with Gasteiger partial charge in [-0.2, -0.15) is 5.26 Å². The van der Waals surface area contributed by atoms with Gasteiger partial charge in [-0.15, -0.1) is 0 Å². The molecule has 2 aliphatic rings. The van der Waals surface area contributed by atoms with E-state index in [0.29, 0.717) is 66.9 Å². The standard InChI is InChI=1S/C28H27P.C26H27N3O4.C18H16N2O3.C18H15P.C13H9NO.C5H7NO2.C4H8O.CH4/c1-5-14-24(15-6-1)28(25-16-7-2-8-17-25)22-13-23-29(26-18-9-3-10-19-26)27-20-11-4-12-21-27;1-6-22(30)28-12-10-18(11-13-28)29-15-20(23(27-5)24(29)26(31)32-7-2)25-17(4)19-14-16(3)8-9-21(19)33-25;1-5-22-18(21)16-15(19-4)13(9-20-16)17-11(3)12-8-10(2)6-7-14(12)23-17;1-4-10-16(11-5-1)19(17-12-6-2-7-13-17)18-14-8-3-9-15-18;1-9-5-6-13-11(8-9)10(2)12(15-13)4-3-7-14;1-3-8-5(7)4-6-2;1-2-4-5-3-1;/h1-12,14-21,28H,13,22-23H2;6,8-9,14-15,18H,1,7,10-13H2,2-4H3;6-9,20H,5H2,1-3H3;1-15H;5-6,8H,1-2H3;3-4H2,1H3;1-4H2;1H4. The number of ether oxygens (including phenoxy) is 4. The number of furan rings is 3. The summed E-state index contributed by atoms with van der Waals surface area (Å²) in [5, 5.41) is 18.6. The van der Waals surface area contributed by atoms with Crippen LogP contribution in [0.1, 0.15) is 150 Å². The van der Waals surface area contributed by atoms with Gasteiger partial charge >= 0.3 is 24.5 Å². The summed E-state index contributed by atoms with van der Waals surface area (Å²) in [4.78, 5) is 61.8. The Hall–Kier alpha value is -14.7. The first-order chi connectivity index (χ1) is 64.3. The van der Waals surface area contributed by atoms with Gasteiger partial charge in [0, 0.05) is 101 Å². The zero-order chi connectivity index (χ0) is 93.7. The maximum atomic E-state index is 13.0. The predicted octanol–water partition coefficient (Wildman–Crippen LogP) is 25.4. The molecule has 0 saturated carbocycles. The molecule has 10 aromatic carbocycles. The lowest BCUT2D eigenvalue weighted by atomic mass is 9.88. The molecule has 17 rings (SSSR count). The molecule has 0 bridgehead atoms. The van der Waals surface area contributed by atoms with Crippen LogP contribution in [0.3, 0.4) is 0 Å². The van der Waals surface area contributed by atoms with E-state index in [1.54, 1.807) is 37.9 Å². The second-order valence-electron chi connectivity index (χ2n) is 31.1. The number of carbonyl (C=O) groups excluding carboxylic acids is 4. The zero-order valence-electron chi connectivity index (χ0n) is 76.2. The minimum atomic E-state index is -0.533. The van der Waals surface area contributed by atoms with Gasteiger partial charge in [0.05, 0.1) is 33.0 Å². The van der Waals surface area contributed by atoms with Crippen molar-refractivity contribution in [3.8, 4) is 40.6 Å². The Bertz CT molecular complexity index is 6310. The number of likely N-dealkylation sites (tertiary alicyclic amines) is 1. The van der Waals surface area contributed by atoms with Gasteiger partial charge in [0.25, 0.3) is 0 Å². The van der Waals surface area contributed by atoms with E-state index in [1.165, 1.54) is 81.1 Å². The minimum absolute atomic E-state index is 0. The van der Waals surface area contributed by atoms with Crippen molar-refractivity contribution in [2.75, 3.05) is 58.8 Å². The molecule has 0 atom stereocenters. The average Bonchev–Trinajstić information content (AvgIpc) is 1.61. The number of piperidine rings is 1. The first-order valence-electron chi connectivity index (χ1n) is 44.2. The normalized spacial score (nSPS) is 11.7. The number of nitrogens with zero attached hydrogens (tertiary/aromatic N) is 6. The summed E-state index contributed by atoms with van der Waals surface area (Å²) in [7, 11) is -0.765. The molecule has 1 amide bonds. The topological polar surface area (TPSA) is 205 Å². The summed E-state index contributed by atoms with van der Waals surface area (Å²) in [6, 6.07) is 96.0. The van der Waals surface area contributed by atoms with Crippen molar-refractivity contribution in [2.24, 2.45) is 0 Å². The number of nitriles is 1. The van der Waals surface area contributed by atoms with Crippen LogP contribution >= 0.6 is 15.8 Å². The van der Waals surface area contributed by atoms with Crippen LogP contribution in [0.15, 0.2) is 305 Å². The smallest absolute Gasteiger partial charge is 0.387 e. The van der Waals surface area contributed by atoms with Crippen molar-refractivity contribution in [1.29, 1.82) is 5.26 Å². The van der Waals surface area contributed by atoms with Gasteiger partial charge in [0.15, 0.2) is 11.8 Å². The Morgan fingerprint density at radius 2 is 0.962 bits per heavy atom. The van der Waals surface area contributed by atoms with E-state index in [-0.39, 0.29) is 69.8 Å². The predicted molar refractivity (Wildman–Crippen MR) is 540 cm³/mol. The van der Waals surface area contributed by atoms with E-state index in [4.69, 9.17) is 52.4 Å². The number of carbonyl (C=O) groups is 4. The zero-order valence-corrected chi connectivity index (χ0v) is 78.0. The summed E-state index contributed by atoms with van der Waals surface area (Å²) in [6.45, 7) is 46.0. The molecule has 20 heteroatoms. The second-order valence-corrected chi connectivity index (χ2v) is 35.7. The molecule has 0 spiro atoms. The molecule has 0 radical (unpaired) electrons. The number of benzene rings is 10. The van der Waals surface area contributed by atoms with Crippen molar-refractivity contribution < 1.29 is 51.4 Å². The fourth-order valence-corrected chi connectivity index (χ4v) is 20.4. The molecule has 7 heterocycles. The number of nitrogens with one attached hydrogen (secondary N) is 1. The lowest BCUT2D eigenvalue weighted by Gasteiger charge is -2.33. The molecular weight excluding hydrogens is 1690 g/mol. The van der Waals surface area contributed by atoms with Crippen molar-refractivity contribution in [3.05, 3.63) is 388 Å². The monoisotopic (exact) mass is 1810 g/mol. The van der Waals surface area contributed by atoms with Gasteiger partial charge in [0.1, 0.15) is 39.7 Å². The number of fused-ring (bicyclic) bond motifs is 3. The fourth-order valence-electron chi connectivity index (χ4n) is 15.7. The van der Waals surface area contributed by atoms with Crippen LogP contribution in [-0.2, 0) is 28.5 Å². The third-order valence-corrected chi connectivity index (χ3v) is 27.2. The minimum Gasteiger partial charge on any atom is -0.462 e. The van der Waals surface area contributed by atoms with Crippen LogP contribution < -0.4 is 26.5 Å². The molecule has 2 aliphatic heterocycles. The number of amides is 1. The molecule has 2 saturated heterocycles. The van der Waals surface area contributed by atoms with Gasteiger partial charge in [-0.1, -0.05) is 261 Å². The van der Waals surface area contributed by atoms with Gasteiger partial charge in [-0.05, 0) is 209 Å². The van der Waals surface area contributed by atoms with Gasteiger partial charge in [0.2, 0.25) is 17.3 Å². The number of aromatic nitrogens is 2. The first-order valence-corrected chi connectivity index (χ1v) is 47.1. The number of hydrogen-bond donors (Lipinski definition) is 1. The quantitative estimate of drug-likeness (QED) is 0.0178. The number of H-pyrrole nitrogens is 1. The molecule has 5 aromatic heterocycles. The van der Waals surface area contributed by atoms with E-state index in [0.717, 1.165) is 73.9 Å². The molecule has 1 N–H and O–H groups in total. The van der Waals surface area contributed by atoms with E-state index < -0.39 is 25.8 Å². The molecule has 15 aromatic rings. The number of aromatic amines is 1. The molecule has 676 valence electrons. The Morgan fingerprint density at radius 3 is 1.38 bits per heavy atom. The second kappa shape index (κ2) is 51.7. The number of rotatable bonds is 21. The lowest BCUT2D eigenvalue weighted by Crippen LogP contribution is -2.38. The first kappa shape index (κ1) is 100. The van der Waals surface area contributed by atoms with Crippen LogP contribution in [0.2, 0.25) is 0 Å². The highest BCUT2D eigenvalue weighted by Gasteiger charge is 2.33. The van der Waals surface area contributed by atoms with Gasteiger partial charge < -0.3 is 51.5 Å². The molecule has 2 fully saturated rings. The van der Waals surface area contributed by atoms with Crippen molar-refractivity contribution >= 4 is 110 Å². The highest BCUT2D eigenvalue weighted by molar-refractivity contribution is 7.79. The Balaban J connectivity index is 0.000000169. The lowest BCUT2D eigenvalue weighted by molar-refractivity contribution is -0.140. The molecule has 18 nitrogen and oxygen atoms in total. The molecule has 0 unspecified atom stereocenters. The largest absolute Gasteiger partial charge is 0.462 e. The maximum Gasteiger partial charge on any atom is 0.387 e. The van der Waals surface area contributed by atoms with Crippen LogP contribution in [0.4, 0.5) is 11.4 Å². The molecule has 133 heavy (non-hydrogen) atoms. The highest BCUT2D eigenvalue weighted by atomic mass is 31.1. The maximum absolute atomic E-state index is 13.0. The Kier molecular flexibility index (Phi) is 39.0. The Morgan fingerprint density at radius 1 is 0.541 bits per heavy atom. The van der Waals surface area contributed by atoms with Crippen molar-refractivity contribution in [1.82, 2.24) is 14.5 Å². The van der Waals surface area contributed by atoms with Gasteiger partial charge in [-0.25, -0.2) is 30.6 Å². The van der Waals surface area contributed by atoms with E-state index in [2.05, 4.69) is 267 Å². The average molecular weight is 1810 g/mol. The van der Waals surface area contributed by atoms with Crippen LogP contribution in [0.5, 0.6) is 0 Å². The van der Waals surface area contributed by atoms with Crippen LogP contribution in [-0.4, -0.2) is 97.1 Å².